The molecule has 0 aliphatic heterocycles. The van der Waals surface area contributed by atoms with Gasteiger partial charge in [0.25, 0.3) is 5.91 Å². The number of Topliss-reactive ketones (excluding diaryl/α,β-unsaturated/α-hetero) is 1. The van der Waals surface area contributed by atoms with Gasteiger partial charge in [-0.25, -0.2) is 0 Å². The smallest absolute Gasteiger partial charge is 0.251 e. The third-order valence-electron chi connectivity index (χ3n) is 2.91. The number of hydrogen-bond donors (Lipinski definition) is 2. The quantitative estimate of drug-likeness (QED) is 0.558. The van der Waals surface area contributed by atoms with Crippen LogP contribution >= 0.6 is 0 Å². The Labute approximate surface area is 114 Å². The Morgan fingerprint density at radius 1 is 1.05 bits per heavy atom. The van der Waals surface area contributed by atoms with E-state index in [2.05, 4.69) is 5.32 Å². The number of unbranched alkanes of at least 4 members (excludes halogenated alkanes) is 3. The fourth-order valence-electron chi connectivity index (χ4n) is 1.79. The zero-order chi connectivity index (χ0) is 14.1. The number of rotatable bonds is 8. The van der Waals surface area contributed by atoms with Crippen molar-refractivity contribution in [2.45, 2.75) is 39.0 Å². The highest BCUT2D eigenvalue weighted by atomic mass is 16.1. The molecule has 3 N–H and O–H groups in total. The maximum absolute atomic E-state index is 11.7. The summed E-state index contributed by atoms with van der Waals surface area (Å²) in [5.74, 6) is 0.181. The molecule has 1 aromatic carbocycles. The zero-order valence-corrected chi connectivity index (χ0v) is 11.4. The molecule has 0 aromatic heterocycles. The molecule has 0 spiro atoms. The van der Waals surface area contributed by atoms with Gasteiger partial charge in [-0.3, -0.25) is 4.79 Å². The number of nitrogens with one attached hydrogen (secondary N) is 1. The van der Waals surface area contributed by atoms with Crippen molar-refractivity contribution in [3.05, 3.63) is 29.8 Å². The zero-order valence-electron chi connectivity index (χ0n) is 11.4. The van der Waals surface area contributed by atoms with Crippen LogP contribution in [0.1, 0.15) is 49.4 Å². The Morgan fingerprint density at radius 2 is 1.68 bits per heavy atom. The maximum Gasteiger partial charge on any atom is 0.251 e. The molecule has 4 nitrogen and oxygen atoms in total. The molecule has 1 aromatic rings. The van der Waals surface area contributed by atoms with Crippen LogP contribution in [0.4, 0.5) is 5.69 Å². The summed E-state index contributed by atoms with van der Waals surface area (Å²) in [4.78, 5) is 22.5. The first-order valence-corrected chi connectivity index (χ1v) is 6.73. The molecule has 0 bridgehead atoms. The molecule has 0 atom stereocenters. The van der Waals surface area contributed by atoms with Gasteiger partial charge in [-0.05, 0) is 44.0 Å². The van der Waals surface area contributed by atoms with E-state index in [1.807, 2.05) is 0 Å². The summed E-state index contributed by atoms with van der Waals surface area (Å²) in [6.45, 7) is 2.29. The molecule has 0 saturated carbocycles. The second kappa shape index (κ2) is 8.29. The minimum absolute atomic E-state index is 0.0660. The summed E-state index contributed by atoms with van der Waals surface area (Å²) >= 11 is 0. The van der Waals surface area contributed by atoms with E-state index < -0.39 is 0 Å². The van der Waals surface area contributed by atoms with Crippen LogP contribution in [-0.4, -0.2) is 18.2 Å². The van der Waals surface area contributed by atoms with Gasteiger partial charge >= 0.3 is 0 Å². The van der Waals surface area contributed by atoms with Gasteiger partial charge in [0.05, 0.1) is 0 Å². The molecule has 0 saturated heterocycles. The summed E-state index contributed by atoms with van der Waals surface area (Å²) in [6.07, 6.45) is 4.63. The van der Waals surface area contributed by atoms with Crippen LogP contribution in [-0.2, 0) is 4.79 Å². The largest absolute Gasteiger partial charge is 0.399 e. The van der Waals surface area contributed by atoms with Gasteiger partial charge in [-0.1, -0.05) is 12.8 Å². The number of nitrogen functional groups attached to an aromatic ring is 1. The Hall–Kier alpha value is -1.84. The molecular weight excluding hydrogens is 240 g/mol. The van der Waals surface area contributed by atoms with Crippen LogP contribution < -0.4 is 11.1 Å². The summed E-state index contributed by atoms with van der Waals surface area (Å²) < 4.78 is 0. The van der Waals surface area contributed by atoms with E-state index in [4.69, 9.17) is 5.73 Å². The van der Waals surface area contributed by atoms with Crippen LogP contribution in [0.2, 0.25) is 0 Å². The number of benzene rings is 1. The van der Waals surface area contributed by atoms with Gasteiger partial charge in [0, 0.05) is 24.2 Å². The Bertz CT molecular complexity index is 413. The Balaban J connectivity index is 2.11. The van der Waals surface area contributed by atoms with Gasteiger partial charge in [-0.15, -0.1) is 0 Å². The van der Waals surface area contributed by atoms with Crippen molar-refractivity contribution in [2.24, 2.45) is 0 Å². The predicted octanol–water partition coefficient (Wildman–Crippen LogP) is 2.54. The fraction of sp³-hybridized carbons (Fsp3) is 0.467. The second-order valence-electron chi connectivity index (χ2n) is 4.74. The van der Waals surface area contributed by atoms with Crippen LogP contribution in [0.15, 0.2) is 24.3 Å². The molecule has 0 aliphatic rings. The molecule has 1 rings (SSSR count). The molecule has 0 heterocycles. The number of anilines is 1. The minimum Gasteiger partial charge on any atom is -0.399 e. The molecule has 0 unspecified atom stereocenters. The molecule has 1 amide bonds. The summed E-state index contributed by atoms with van der Waals surface area (Å²) in [7, 11) is 0. The molecule has 104 valence electrons. The van der Waals surface area contributed by atoms with E-state index in [-0.39, 0.29) is 11.7 Å². The maximum atomic E-state index is 11.7. The van der Waals surface area contributed by atoms with Crippen molar-refractivity contribution in [3.63, 3.8) is 0 Å². The van der Waals surface area contributed by atoms with Crippen molar-refractivity contribution in [2.75, 3.05) is 12.3 Å². The van der Waals surface area contributed by atoms with E-state index in [0.717, 1.165) is 25.7 Å². The average molecular weight is 262 g/mol. The van der Waals surface area contributed by atoms with Gasteiger partial charge < -0.3 is 15.8 Å². The SMILES string of the molecule is CC(=O)CCCCCCNC(=O)c1ccc(N)cc1. The van der Waals surface area contributed by atoms with E-state index in [9.17, 15) is 9.59 Å². The highest BCUT2D eigenvalue weighted by Crippen LogP contribution is 2.06. The first-order chi connectivity index (χ1) is 9.09. The second-order valence-corrected chi connectivity index (χ2v) is 4.74. The van der Waals surface area contributed by atoms with E-state index in [1.165, 1.54) is 0 Å². The highest BCUT2D eigenvalue weighted by Gasteiger charge is 2.03. The van der Waals surface area contributed by atoms with Gasteiger partial charge in [0.1, 0.15) is 5.78 Å². The number of nitrogens with two attached hydrogens (primary N) is 1. The van der Waals surface area contributed by atoms with E-state index >= 15 is 0 Å². The minimum atomic E-state index is -0.0660. The topological polar surface area (TPSA) is 72.2 Å². The lowest BCUT2D eigenvalue weighted by Gasteiger charge is -2.05. The molecular formula is C15H22N2O2. The monoisotopic (exact) mass is 262 g/mol. The summed E-state index contributed by atoms with van der Waals surface area (Å²) in [5.41, 5.74) is 6.85. The summed E-state index contributed by atoms with van der Waals surface area (Å²) in [6, 6.07) is 6.88. The third kappa shape index (κ3) is 6.60. The average Bonchev–Trinajstić information content (AvgIpc) is 2.38. The summed E-state index contributed by atoms with van der Waals surface area (Å²) in [5, 5.41) is 2.87. The lowest BCUT2D eigenvalue weighted by atomic mass is 10.1. The molecule has 4 heteroatoms. The molecule has 0 aliphatic carbocycles. The van der Waals surface area contributed by atoms with Crippen LogP contribution in [0, 0.1) is 0 Å². The fourth-order valence-corrected chi connectivity index (χ4v) is 1.79. The van der Waals surface area contributed by atoms with Gasteiger partial charge in [0.2, 0.25) is 0 Å². The first-order valence-electron chi connectivity index (χ1n) is 6.73. The van der Waals surface area contributed by atoms with Crippen LogP contribution in [0.25, 0.3) is 0 Å². The van der Waals surface area contributed by atoms with Gasteiger partial charge in [0.15, 0.2) is 0 Å². The highest BCUT2D eigenvalue weighted by molar-refractivity contribution is 5.94. The normalized spacial score (nSPS) is 10.2. The third-order valence-corrected chi connectivity index (χ3v) is 2.91. The number of carbonyl (C=O) groups is 2. The first kappa shape index (κ1) is 15.2. The standard InChI is InChI=1S/C15H22N2O2/c1-12(18)6-4-2-3-5-11-17-15(19)13-7-9-14(16)10-8-13/h7-10H,2-6,11,16H2,1H3,(H,17,19). The van der Waals surface area contributed by atoms with Crippen molar-refractivity contribution >= 4 is 17.4 Å². The number of amides is 1. The van der Waals surface area contributed by atoms with Crippen LogP contribution in [0.3, 0.4) is 0 Å². The molecule has 19 heavy (non-hydrogen) atoms. The van der Waals surface area contributed by atoms with Gasteiger partial charge in [-0.2, -0.15) is 0 Å². The predicted molar refractivity (Wildman–Crippen MR) is 77.0 cm³/mol. The Kier molecular flexibility index (Phi) is 6.64. The van der Waals surface area contributed by atoms with Crippen molar-refractivity contribution in [1.82, 2.24) is 5.32 Å². The van der Waals surface area contributed by atoms with E-state index in [0.29, 0.717) is 24.2 Å². The lowest BCUT2D eigenvalue weighted by molar-refractivity contribution is -0.117. The van der Waals surface area contributed by atoms with Crippen molar-refractivity contribution in [3.8, 4) is 0 Å². The molecule has 0 fully saturated rings. The number of hydrogen-bond acceptors (Lipinski definition) is 3. The van der Waals surface area contributed by atoms with E-state index in [1.54, 1.807) is 31.2 Å². The number of ketones is 1. The van der Waals surface area contributed by atoms with Crippen molar-refractivity contribution in [1.29, 1.82) is 0 Å². The van der Waals surface area contributed by atoms with Crippen LogP contribution in [0.5, 0.6) is 0 Å². The molecule has 0 radical (unpaired) electrons. The Morgan fingerprint density at radius 3 is 2.32 bits per heavy atom. The van der Waals surface area contributed by atoms with Crippen molar-refractivity contribution < 1.29 is 9.59 Å². The lowest BCUT2D eigenvalue weighted by Crippen LogP contribution is -2.24. The number of carbonyl (C=O) groups excluding carboxylic acids is 2.